The third kappa shape index (κ3) is 3.87. The first kappa shape index (κ1) is 14.2. The van der Waals surface area contributed by atoms with Crippen molar-refractivity contribution < 1.29 is 9.72 Å². The largest absolute Gasteiger partial charge is 0.399 e. The van der Waals surface area contributed by atoms with Crippen LogP contribution in [0.2, 0.25) is 0 Å². The Kier molecular flexibility index (Phi) is 4.25. The quantitative estimate of drug-likeness (QED) is 0.387. The van der Waals surface area contributed by atoms with Crippen LogP contribution in [0.15, 0.2) is 53.6 Å². The number of nitro groups is 1. The van der Waals surface area contributed by atoms with Crippen molar-refractivity contribution >= 4 is 23.5 Å². The van der Waals surface area contributed by atoms with E-state index in [0.717, 1.165) is 5.56 Å². The Morgan fingerprint density at radius 3 is 2.33 bits per heavy atom. The van der Waals surface area contributed by atoms with Crippen LogP contribution in [0.1, 0.15) is 15.9 Å². The predicted octanol–water partition coefficient (Wildman–Crippen LogP) is 1.94. The van der Waals surface area contributed by atoms with E-state index >= 15 is 0 Å². The minimum absolute atomic E-state index is 0.0723. The second kappa shape index (κ2) is 6.29. The van der Waals surface area contributed by atoms with Crippen molar-refractivity contribution in [2.45, 2.75) is 0 Å². The Bertz CT molecular complexity index is 678. The van der Waals surface area contributed by atoms with Gasteiger partial charge in [-0.3, -0.25) is 14.9 Å². The van der Waals surface area contributed by atoms with Crippen molar-refractivity contribution in [3.63, 3.8) is 0 Å². The molecule has 2 rings (SSSR count). The normalized spacial score (nSPS) is 10.5. The average Bonchev–Trinajstić information content (AvgIpc) is 2.49. The lowest BCUT2D eigenvalue weighted by Crippen LogP contribution is -2.17. The lowest BCUT2D eigenvalue weighted by atomic mass is 10.2. The number of hydrazone groups is 1. The molecule has 0 aliphatic heterocycles. The number of nitrogen functional groups attached to an aromatic ring is 1. The monoisotopic (exact) mass is 284 g/mol. The van der Waals surface area contributed by atoms with Gasteiger partial charge in [0.05, 0.1) is 11.1 Å². The maximum Gasteiger partial charge on any atom is 0.271 e. The standard InChI is InChI=1S/C14H12N4O3/c15-12-5-1-10(2-6-12)9-16-17-14(19)11-3-7-13(8-4-11)18(20)21/h1-9H,15H2,(H,17,19). The minimum atomic E-state index is -0.527. The van der Waals surface area contributed by atoms with E-state index in [0.29, 0.717) is 5.69 Å². The summed E-state index contributed by atoms with van der Waals surface area (Å²) in [7, 11) is 0. The summed E-state index contributed by atoms with van der Waals surface area (Å²) in [6, 6.07) is 12.2. The number of rotatable bonds is 4. The van der Waals surface area contributed by atoms with Gasteiger partial charge in [0, 0.05) is 23.4 Å². The summed E-state index contributed by atoms with van der Waals surface area (Å²) in [5, 5.41) is 14.3. The van der Waals surface area contributed by atoms with Gasteiger partial charge < -0.3 is 5.73 Å². The maximum absolute atomic E-state index is 11.8. The van der Waals surface area contributed by atoms with E-state index in [9.17, 15) is 14.9 Å². The first-order valence-electron chi connectivity index (χ1n) is 5.99. The van der Waals surface area contributed by atoms with Gasteiger partial charge >= 0.3 is 0 Å². The van der Waals surface area contributed by atoms with Crippen LogP contribution in [0, 0.1) is 10.1 Å². The fourth-order valence-corrected chi connectivity index (χ4v) is 1.55. The van der Waals surface area contributed by atoms with Crippen molar-refractivity contribution in [1.29, 1.82) is 0 Å². The fraction of sp³-hybridized carbons (Fsp3) is 0. The SMILES string of the molecule is Nc1ccc(C=NNC(=O)c2ccc([N+](=O)[O-])cc2)cc1. The molecule has 0 bridgehead atoms. The van der Waals surface area contributed by atoms with E-state index in [2.05, 4.69) is 10.5 Å². The number of anilines is 1. The summed E-state index contributed by atoms with van der Waals surface area (Å²) in [6.07, 6.45) is 1.47. The van der Waals surface area contributed by atoms with E-state index in [-0.39, 0.29) is 11.3 Å². The summed E-state index contributed by atoms with van der Waals surface area (Å²) in [5.74, 6) is -0.448. The zero-order valence-corrected chi connectivity index (χ0v) is 10.9. The van der Waals surface area contributed by atoms with E-state index in [1.807, 2.05) is 0 Å². The molecule has 0 unspecified atom stereocenters. The molecule has 21 heavy (non-hydrogen) atoms. The molecule has 0 atom stereocenters. The van der Waals surface area contributed by atoms with Crippen molar-refractivity contribution in [2.75, 3.05) is 5.73 Å². The van der Waals surface area contributed by atoms with E-state index in [1.165, 1.54) is 30.5 Å². The molecule has 0 aromatic heterocycles. The number of nitrogens with one attached hydrogen (secondary N) is 1. The zero-order valence-electron chi connectivity index (χ0n) is 10.9. The molecule has 7 nitrogen and oxygen atoms in total. The van der Waals surface area contributed by atoms with Gasteiger partial charge in [-0.15, -0.1) is 0 Å². The van der Waals surface area contributed by atoms with Crippen LogP contribution in [0.5, 0.6) is 0 Å². The Balaban J connectivity index is 1.98. The number of non-ortho nitro benzene ring substituents is 1. The van der Waals surface area contributed by atoms with Gasteiger partial charge in [-0.1, -0.05) is 12.1 Å². The molecule has 0 saturated heterocycles. The summed E-state index contributed by atoms with van der Waals surface area (Å²) < 4.78 is 0. The van der Waals surface area contributed by atoms with Crippen LogP contribution < -0.4 is 11.2 Å². The van der Waals surface area contributed by atoms with Gasteiger partial charge in [0.2, 0.25) is 0 Å². The Morgan fingerprint density at radius 2 is 1.76 bits per heavy atom. The topological polar surface area (TPSA) is 111 Å². The van der Waals surface area contributed by atoms with E-state index < -0.39 is 10.8 Å². The molecule has 7 heteroatoms. The number of nitro benzene ring substituents is 1. The van der Waals surface area contributed by atoms with Gasteiger partial charge in [0.1, 0.15) is 0 Å². The fourth-order valence-electron chi connectivity index (χ4n) is 1.55. The number of carbonyl (C=O) groups excluding carboxylic acids is 1. The molecule has 0 radical (unpaired) electrons. The van der Waals surface area contributed by atoms with Gasteiger partial charge in [-0.25, -0.2) is 5.43 Å². The first-order valence-corrected chi connectivity index (χ1v) is 5.99. The highest BCUT2D eigenvalue weighted by atomic mass is 16.6. The zero-order chi connectivity index (χ0) is 15.2. The van der Waals surface area contributed by atoms with Crippen LogP contribution in [-0.4, -0.2) is 17.0 Å². The molecule has 3 N–H and O–H groups in total. The van der Waals surface area contributed by atoms with Gasteiger partial charge in [-0.2, -0.15) is 5.10 Å². The molecule has 0 heterocycles. The Morgan fingerprint density at radius 1 is 1.14 bits per heavy atom. The highest BCUT2D eigenvalue weighted by Crippen LogP contribution is 2.11. The molecule has 0 aliphatic rings. The molecule has 2 aromatic rings. The number of hydrogen-bond donors (Lipinski definition) is 2. The second-order valence-corrected chi connectivity index (χ2v) is 4.17. The molecular formula is C14H12N4O3. The van der Waals surface area contributed by atoms with Gasteiger partial charge in [0.25, 0.3) is 11.6 Å². The Hall–Kier alpha value is -3.22. The predicted molar refractivity (Wildman–Crippen MR) is 79.0 cm³/mol. The highest BCUT2D eigenvalue weighted by molar-refractivity contribution is 5.95. The summed E-state index contributed by atoms with van der Waals surface area (Å²) >= 11 is 0. The highest BCUT2D eigenvalue weighted by Gasteiger charge is 2.08. The van der Waals surface area contributed by atoms with Crippen LogP contribution in [-0.2, 0) is 0 Å². The molecule has 106 valence electrons. The molecule has 0 saturated carbocycles. The number of carbonyl (C=O) groups is 1. The second-order valence-electron chi connectivity index (χ2n) is 4.17. The number of amides is 1. The number of hydrogen-bond acceptors (Lipinski definition) is 5. The Labute approximate surface area is 120 Å². The van der Waals surface area contributed by atoms with Crippen molar-refractivity contribution in [3.05, 3.63) is 69.8 Å². The van der Waals surface area contributed by atoms with Gasteiger partial charge in [0.15, 0.2) is 0 Å². The lowest BCUT2D eigenvalue weighted by molar-refractivity contribution is -0.384. The van der Waals surface area contributed by atoms with Crippen LogP contribution >= 0.6 is 0 Å². The number of benzene rings is 2. The number of nitrogens with zero attached hydrogens (tertiary/aromatic N) is 2. The molecule has 0 fully saturated rings. The summed E-state index contributed by atoms with van der Waals surface area (Å²) in [6.45, 7) is 0. The van der Waals surface area contributed by atoms with E-state index in [4.69, 9.17) is 5.73 Å². The van der Waals surface area contributed by atoms with Crippen molar-refractivity contribution in [2.24, 2.45) is 5.10 Å². The summed E-state index contributed by atoms with van der Waals surface area (Å²) in [5.41, 5.74) is 9.53. The molecule has 2 aromatic carbocycles. The van der Waals surface area contributed by atoms with Gasteiger partial charge in [-0.05, 0) is 29.8 Å². The molecule has 0 spiro atoms. The van der Waals surface area contributed by atoms with Crippen molar-refractivity contribution in [1.82, 2.24) is 5.43 Å². The van der Waals surface area contributed by atoms with Crippen molar-refractivity contribution in [3.8, 4) is 0 Å². The minimum Gasteiger partial charge on any atom is -0.399 e. The maximum atomic E-state index is 11.8. The van der Waals surface area contributed by atoms with Crippen LogP contribution in [0.4, 0.5) is 11.4 Å². The molecular weight excluding hydrogens is 272 g/mol. The third-order valence-electron chi connectivity index (χ3n) is 2.66. The smallest absolute Gasteiger partial charge is 0.271 e. The van der Waals surface area contributed by atoms with Crippen LogP contribution in [0.25, 0.3) is 0 Å². The number of nitrogens with two attached hydrogens (primary N) is 1. The molecule has 0 aliphatic carbocycles. The summed E-state index contributed by atoms with van der Waals surface area (Å²) in [4.78, 5) is 21.7. The first-order chi connectivity index (χ1) is 10.1. The van der Waals surface area contributed by atoms with Crippen LogP contribution in [0.3, 0.4) is 0 Å². The lowest BCUT2D eigenvalue weighted by Gasteiger charge is -1.99. The molecule has 1 amide bonds. The van der Waals surface area contributed by atoms with E-state index in [1.54, 1.807) is 24.3 Å². The third-order valence-corrected chi connectivity index (χ3v) is 2.66. The average molecular weight is 284 g/mol.